The second-order valence-electron chi connectivity index (χ2n) is 6.53. The number of hydrogen-bond donors (Lipinski definition) is 1. The molecule has 2 aromatic carbocycles. The Balaban J connectivity index is 1.79. The number of halogens is 1. The summed E-state index contributed by atoms with van der Waals surface area (Å²) < 4.78 is 0. The summed E-state index contributed by atoms with van der Waals surface area (Å²) in [5.74, 6) is 0.744. The van der Waals surface area contributed by atoms with Gasteiger partial charge in [-0.15, -0.1) is 0 Å². The van der Waals surface area contributed by atoms with E-state index in [1.807, 2.05) is 31.2 Å². The van der Waals surface area contributed by atoms with Crippen LogP contribution in [-0.2, 0) is 6.54 Å². The molecule has 24 heavy (non-hydrogen) atoms. The Kier molecular flexibility index (Phi) is 5.42. The summed E-state index contributed by atoms with van der Waals surface area (Å²) in [6.07, 6.45) is 2.59. The lowest BCUT2D eigenvalue weighted by Crippen LogP contribution is -2.42. The molecular formula is C20H23ClN2S. The molecule has 126 valence electrons. The van der Waals surface area contributed by atoms with Gasteiger partial charge in [0, 0.05) is 23.3 Å². The first kappa shape index (κ1) is 17.2. The molecule has 2 aromatic rings. The smallest absolute Gasteiger partial charge is 0.173 e. The molecule has 1 saturated carbocycles. The molecule has 1 aliphatic carbocycles. The van der Waals surface area contributed by atoms with E-state index < -0.39 is 0 Å². The van der Waals surface area contributed by atoms with Gasteiger partial charge >= 0.3 is 0 Å². The highest BCUT2D eigenvalue weighted by molar-refractivity contribution is 7.80. The molecule has 4 heteroatoms. The van der Waals surface area contributed by atoms with Gasteiger partial charge in [0.1, 0.15) is 0 Å². The van der Waals surface area contributed by atoms with Crippen molar-refractivity contribution in [3.8, 4) is 0 Å². The van der Waals surface area contributed by atoms with Gasteiger partial charge in [0.2, 0.25) is 0 Å². The molecule has 0 amide bonds. The van der Waals surface area contributed by atoms with Crippen molar-refractivity contribution in [2.75, 3.05) is 5.32 Å². The highest BCUT2D eigenvalue weighted by atomic mass is 35.5. The van der Waals surface area contributed by atoms with Gasteiger partial charge in [0.25, 0.3) is 0 Å². The normalized spacial score (nSPS) is 15.0. The number of hydrogen-bond acceptors (Lipinski definition) is 1. The SMILES string of the molecule is Cc1c(Cl)cccc1NC(=S)N(Cc1ccccc1)[C@H](C)C1CC1. The summed E-state index contributed by atoms with van der Waals surface area (Å²) in [5, 5.41) is 4.93. The fourth-order valence-electron chi connectivity index (χ4n) is 2.94. The van der Waals surface area contributed by atoms with E-state index in [-0.39, 0.29) is 0 Å². The van der Waals surface area contributed by atoms with Crippen LogP contribution in [0.25, 0.3) is 0 Å². The third-order valence-corrected chi connectivity index (χ3v) is 5.51. The lowest BCUT2D eigenvalue weighted by atomic mass is 10.1. The number of thiocarbonyl (C=S) groups is 1. The topological polar surface area (TPSA) is 15.3 Å². The fraction of sp³-hybridized carbons (Fsp3) is 0.350. The number of anilines is 1. The number of nitrogens with zero attached hydrogens (tertiary/aromatic N) is 1. The molecule has 1 aliphatic rings. The minimum absolute atomic E-state index is 0.435. The lowest BCUT2D eigenvalue weighted by Gasteiger charge is -2.32. The quantitative estimate of drug-likeness (QED) is 0.695. The van der Waals surface area contributed by atoms with Crippen LogP contribution in [0.1, 0.15) is 30.9 Å². The van der Waals surface area contributed by atoms with Crippen LogP contribution < -0.4 is 5.32 Å². The Morgan fingerprint density at radius 1 is 1.21 bits per heavy atom. The van der Waals surface area contributed by atoms with Crippen molar-refractivity contribution in [1.29, 1.82) is 0 Å². The van der Waals surface area contributed by atoms with Gasteiger partial charge in [-0.2, -0.15) is 0 Å². The van der Waals surface area contributed by atoms with E-state index in [9.17, 15) is 0 Å². The molecular weight excluding hydrogens is 336 g/mol. The van der Waals surface area contributed by atoms with Gasteiger partial charge < -0.3 is 10.2 Å². The minimum atomic E-state index is 0.435. The highest BCUT2D eigenvalue weighted by Gasteiger charge is 2.33. The molecule has 3 rings (SSSR count). The zero-order valence-corrected chi connectivity index (χ0v) is 15.7. The molecule has 2 nitrogen and oxygen atoms in total. The average Bonchev–Trinajstić information content (AvgIpc) is 3.42. The van der Waals surface area contributed by atoms with E-state index in [4.69, 9.17) is 23.8 Å². The maximum absolute atomic E-state index is 6.23. The summed E-state index contributed by atoms with van der Waals surface area (Å²) in [5.41, 5.74) is 3.28. The summed E-state index contributed by atoms with van der Waals surface area (Å²) in [6.45, 7) is 5.11. The van der Waals surface area contributed by atoms with Crippen LogP contribution in [0.5, 0.6) is 0 Å². The van der Waals surface area contributed by atoms with Gasteiger partial charge in [0.15, 0.2) is 5.11 Å². The van der Waals surface area contributed by atoms with Gasteiger partial charge in [-0.25, -0.2) is 0 Å². The van der Waals surface area contributed by atoms with Crippen molar-refractivity contribution < 1.29 is 0 Å². The number of rotatable bonds is 5. The molecule has 1 fully saturated rings. The van der Waals surface area contributed by atoms with E-state index in [2.05, 4.69) is 41.4 Å². The maximum Gasteiger partial charge on any atom is 0.173 e. The molecule has 0 spiro atoms. The van der Waals surface area contributed by atoms with E-state index in [1.54, 1.807) is 0 Å². The molecule has 1 atom stereocenters. The van der Waals surface area contributed by atoms with Crippen LogP contribution in [0, 0.1) is 12.8 Å². The summed E-state index contributed by atoms with van der Waals surface area (Å²) in [7, 11) is 0. The Hall–Kier alpha value is -1.58. The molecule has 0 aliphatic heterocycles. The molecule has 0 unspecified atom stereocenters. The standard InChI is InChI=1S/C20H23ClN2S/c1-14-18(21)9-6-10-19(14)22-20(24)23(15(2)17-11-12-17)13-16-7-4-3-5-8-16/h3-10,15,17H,11-13H2,1-2H3,(H,22,24)/t15-/m1/s1. The Morgan fingerprint density at radius 2 is 1.92 bits per heavy atom. The van der Waals surface area contributed by atoms with Crippen LogP contribution in [0.3, 0.4) is 0 Å². The first-order chi connectivity index (χ1) is 11.6. The molecule has 0 bridgehead atoms. The van der Waals surface area contributed by atoms with E-state index >= 15 is 0 Å². The second-order valence-corrected chi connectivity index (χ2v) is 7.33. The van der Waals surface area contributed by atoms with Crippen LogP contribution in [0.15, 0.2) is 48.5 Å². The van der Waals surface area contributed by atoms with Crippen LogP contribution in [-0.4, -0.2) is 16.1 Å². The van der Waals surface area contributed by atoms with E-state index in [0.717, 1.165) is 33.8 Å². The van der Waals surface area contributed by atoms with Crippen LogP contribution >= 0.6 is 23.8 Å². The van der Waals surface area contributed by atoms with Gasteiger partial charge in [-0.05, 0) is 68.1 Å². The second kappa shape index (κ2) is 7.54. The highest BCUT2D eigenvalue weighted by Crippen LogP contribution is 2.36. The van der Waals surface area contributed by atoms with Crippen molar-refractivity contribution in [3.05, 3.63) is 64.7 Å². The minimum Gasteiger partial charge on any atom is -0.342 e. The summed E-state index contributed by atoms with van der Waals surface area (Å²) >= 11 is 12.0. The van der Waals surface area contributed by atoms with E-state index in [0.29, 0.717) is 6.04 Å². The molecule has 0 saturated heterocycles. The predicted molar refractivity (Wildman–Crippen MR) is 107 cm³/mol. The van der Waals surface area contributed by atoms with Gasteiger partial charge in [0.05, 0.1) is 0 Å². The van der Waals surface area contributed by atoms with Crippen LogP contribution in [0.2, 0.25) is 5.02 Å². The zero-order chi connectivity index (χ0) is 17.1. The molecule has 1 N–H and O–H groups in total. The third kappa shape index (κ3) is 4.08. The third-order valence-electron chi connectivity index (χ3n) is 4.76. The van der Waals surface area contributed by atoms with Crippen molar-refractivity contribution in [3.63, 3.8) is 0 Å². The maximum atomic E-state index is 6.23. The summed E-state index contributed by atoms with van der Waals surface area (Å²) in [4.78, 5) is 2.31. The molecule has 0 radical (unpaired) electrons. The van der Waals surface area contributed by atoms with Gasteiger partial charge in [-0.1, -0.05) is 48.0 Å². The summed E-state index contributed by atoms with van der Waals surface area (Å²) in [6, 6.07) is 16.8. The monoisotopic (exact) mass is 358 g/mol. The molecule has 0 heterocycles. The largest absolute Gasteiger partial charge is 0.342 e. The first-order valence-electron chi connectivity index (χ1n) is 8.43. The first-order valence-corrected chi connectivity index (χ1v) is 9.21. The average molecular weight is 359 g/mol. The van der Waals surface area contributed by atoms with Gasteiger partial charge in [-0.3, -0.25) is 0 Å². The van der Waals surface area contributed by atoms with Crippen molar-refractivity contribution in [1.82, 2.24) is 4.90 Å². The predicted octanol–water partition coefficient (Wildman–Crippen LogP) is 5.65. The zero-order valence-electron chi connectivity index (χ0n) is 14.1. The lowest BCUT2D eigenvalue weighted by molar-refractivity contribution is 0.298. The number of benzene rings is 2. The number of nitrogens with one attached hydrogen (secondary N) is 1. The Labute approximate surface area is 154 Å². The molecule has 0 aromatic heterocycles. The Morgan fingerprint density at radius 3 is 2.58 bits per heavy atom. The fourth-order valence-corrected chi connectivity index (χ4v) is 3.46. The Bertz CT molecular complexity index is 713. The van der Waals surface area contributed by atoms with Crippen molar-refractivity contribution in [2.45, 2.75) is 39.3 Å². The van der Waals surface area contributed by atoms with Crippen molar-refractivity contribution >= 4 is 34.6 Å². The van der Waals surface area contributed by atoms with E-state index in [1.165, 1.54) is 18.4 Å². The van der Waals surface area contributed by atoms with Crippen molar-refractivity contribution in [2.24, 2.45) is 5.92 Å². The van der Waals surface area contributed by atoms with Crippen LogP contribution in [0.4, 0.5) is 5.69 Å².